The molecule has 0 saturated carbocycles. The summed E-state index contributed by atoms with van der Waals surface area (Å²) in [5, 5.41) is 0. The molecule has 0 fully saturated rings. The number of H-pyrrole nitrogens is 1. The average molecular weight is 322 g/mol. The van der Waals surface area contributed by atoms with Crippen LogP contribution in [0, 0.1) is 0 Å². The lowest BCUT2D eigenvalue weighted by molar-refractivity contribution is 0.414. The summed E-state index contributed by atoms with van der Waals surface area (Å²) in [6.07, 6.45) is 1.98. The molecule has 0 spiro atoms. The van der Waals surface area contributed by atoms with Gasteiger partial charge < -0.3 is 14.5 Å². The number of benzene rings is 2. The molecular weight excluding hydrogens is 300 g/mol. The average Bonchev–Trinajstić information content (AvgIpc) is 3.06. The number of nitrogens with one attached hydrogen (secondary N) is 1. The van der Waals surface area contributed by atoms with Crippen molar-refractivity contribution in [1.82, 2.24) is 9.97 Å². The van der Waals surface area contributed by atoms with Crippen molar-refractivity contribution in [3.05, 3.63) is 54.4 Å². The number of imidazole rings is 1. The van der Waals surface area contributed by atoms with Gasteiger partial charge in [-0.3, -0.25) is 0 Å². The van der Waals surface area contributed by atoms with Gasteiger partial charge in [-0.05, 0) is 55.0 Å². The molecule has 0 bridgehead atoms. The Morgan fingerprint density at radius 3 is 1.88 bits per heavy atom. The van der Waals surface area contributed by atoms with E-state index in [4.69, 9.17) is 14.5 Å². The summed E-state index contributed by atoms with van der Waals surface area (Å²) in [4.78, 5) is 8.30. The van der Waals surface area contributed by atoms with Crippen LogP contribution in [-0.4, -0.2) is 24.2 Å². The van der Waals surface area contributed by atoms with Gasteiger partial charge in [-0.1, -0.05) is 6.92 Å². The molecule has 4 nitrogen and oxygen atoms in total. The highest BCUT2D eigenvalue weighted by atomic mass is 16.5. The molecule has 24 heavy (non-hydrogen) atoms. The van der Waals surface area contributed by atoms with Gasteiger partial charge in [0.05, 0.1) is 25.6 Å². The van der Waals surface area contributed by atoms with Gasteiger partial charge in [0.15, 0.2) is 0 Å². The Morgan fingerprint density at radius 2 is 1.38 bits per heavy atom. The van der Waals surface area contributed by atoms with Crippen LogP contribution in [0.5, 0.6) is 11.5 Å². The number of aromatic amines is 1. The summed E-state index contributed by atoms with van der Waals surface area (Å²) < 4.78 is 10.5. The van der Waals surface area contributed by atoms with E-state index in [-0.39, 0.29) is 0 Å². The van der Waals surface area contributed by atoms with E-state index < -0.39 is 0 Å². The fourth-order valence-electron chi connectivity index (χ4n) is 2.70. The first-order chi connectivity index (χ1) is 11.7. The van der Waals surface area contributed by atoms with Crippen LogP contribution >= 0.6 is 0 Å². The topological polar surface area (TPSA) is 47.1 Å². The van der Waals surface area contributed by atoms with Crippen LogP contribution in [0.15, 0.2) is 48.5 Å². The molecule has 0 saturated heterocycles. The monoisotopic (exact) mass is 322 g/mol. The fraction of sp³-hybridized carbons (Fsp3) is 0.250. The number of hydrogen-bond donors (Lipinski definition) is 1. The van der Waals surface area contributed by atoms with Crippen LogP contribution in [0.4, 0.5) is 0 Å². The first-order valence-electron chi connectivity index (χ1n) is 8.13. The second-order valence-corrected chi connectivity index (χ2v) is 5.61. The van der Waals surface area contributed by atoms with Gasteiger partial charge in [0, 0.05) is 17.5 Å². The summed E-state index contributed by atoms with van der Waals surface area (Å²) in [7, 11) is 3.35. The zero-order valence-corrected chi connectivity index (χ0v) is 14.3. The number of methoxy groups -OCH3 is 2. The van der Waals surface area contributed by atoms with Crippen molar-refractivity contribution in [2.24, 2.45) is 0 Å². The van der Waals surface area contributed by atoms with Crippen molar-refractivity contribution in [2.75, 3.05) is 14.2 Å². The maximum atomic E-state index is 5.25. The minimum Gasteiger partial charge on any atom is -0.497 e. The van der Waals surface area contributed by atoms with Gasteiger partial charge in [0.1, 0.15) is 17.3 Å². The van der Waals surface area contributed by atoms with Crippen molar-refractivity contribution in [3.63, 3.8) is 0 Å². The van der Waals surface area contributed by atoms with Crippen molar-refractivity contribution < 1.29 is 9.47 Å². The quantitative estimate of drug-likeness (QED) is 0.714. The Hall–Kier alpha value is -2.75. The minimum absolute atomic E-state index is 0.842. The molecule has 124 valence electrons. The Balaban J connectivity index is 2.05. The number of aromatic nitrogens is 2. The van der Waals surface area contributed by atoms with Gasteiger partial charge in [0.25, 0.3) is 0 Å². The third-order valence-corrected chi connectivity index (χ3v) is 3.98. The second kappa shape index (κ2) is 7.21. The molecule has 4 heteroatoms. The minimum atomic E-state index is 0.842. The van der Waals surface area contributed by atoms with E-state index >= 15 is 0 Å². The van der Waals surface area contributed by atoms with E-state index in [0.29, 0.717) is 0 Å². The molecule has 0 aliphatic carbocycles. The molecule has 2 aromatic carbocycles. The van der Waals surface area contributed by atoms with Crippen molar-refractivity contribution >= 4 is 0 Å². The SMILES string of the molecule is CCCc1nc(-c2ccc(OC)cc2)c(-c2ccc(OC)cc2)[nH]1. The lowest BCUT2D eigenvalue weighted by Crippen LogP contribution is -1.87. The third kappa shape index (κ3) is 3.27. The van der Waals surface area contributed by atoms with Crippen LogP contribution < -0.4 is 9.47 Å². The van der Waals surface area contributed by atoms with Crippen LogP contribution in [-0.2, 0) is 6.42 Å². The van der Waals surface area contributed by atoms with E-state index in [0.717, 1.165) is 52.7 Å². The molecule has 0 radical (unpaired) electrons. The Labute approximate surface area is 142 Å². The van der Waals surface area contributed by atoms with Crippen LogP contribution in [0.2, 0.25) is 0 Å². The number of hydrogen-bond acceptors (Lipinski definition) is 3. The summed E-state index contributed by atoms with van der Waals surface area (Å²) in [5.74, 6) is 2.70. The molecule has 3 aromatic rings. The molecule has 1 aromatic heterocycles. The molecule has 0 amide bonds. The summed E-state index contributed by atoms with van der Waals surface area (Å²) >= 11 is 0. The van der Waals surface area contributed by atoms with Crippen molar-refractivity contribution in [3.8, 4) is 34.0 Å². The highest BCUT2D eigenvalue weighted by Gasteiger charge is 2.14. The van der Waals surface area contributed by atoms with E-state index in [1.54, 1.807) is 14.2 Å². The fourth-order valence-corrected chi connectivity index (χ4v) is 2.70. The second-order valence-electron chi connectivity index (χ2n) is 5.61. The van der Waals surface area contributed by atoms with Gasteiger partial charge in [0.2, 0.25) is 0 Å². The van der Waals surface area contributed by atoms with Crippen molar-refractivity contribution in [2.45, 2.75) is 19.8 Å². The molecule has 0 aliphatic heterocycles. The lowest BCUT2D eigenvalue weighted by Gasteiger charge is -2.06. The first-order valence-corrected chi connectivity index (χ1v) is 8.13. The number of nitrogens with zero attached hydrogens (tertiary/aromatic N) is 1. The van der Waals surface area contributed by atoms with Gasteiger partial charge >= 0.3 is 0 Å². The Kier molecular flexibility index (Phi) is 4.85. The van der Waals surface area contributed by atoms with Gasteiger partial charge in [-0.15, -0.1) is 0 Å². The summed E-state index contributed by atoms with van der Waals surface area (Å²) in [5.41, 5.74) is 4.16. The maximum absolute atomic E-state index is 5.25. The number of aryl methyl sites for hydroxylation is 1. The molecule has 0 unspecified atom stereocenters. The van der Waals surface area contributed by atoms with Crippen LogP contribution in [0.1, 0.15) is 19.2 Å². The van der Waals surface area contributed by atoms with Gasteiger partial charge in [-0.25, -0.2) is 4.98 Å². The molecular formula is C20H22N2O2. The molecule has 3 rings (SSSR count). The number of ether oxygens (including phenoxy) is 2. The first kappa shape index (κ1) is 16.1. The van der Waals surface area contributed by atoms with Crippen LogP contribution in [0.25, 0.3) is 22.5 Å². The molecule has 1 heterocycles. The van der Waals surface area contributed by atoms with E-state index in [1.807, 2.05) is 36.4 Å². The smallest absolute Gasteiger partial charge is 0.118 e. The largest absolute Gasteiger partial charge is 0.497 e. The maximum Gasteiger partial charge on any atom is 0.118 e. The van der Waals surface area contributed by atoms with E-state index in [2.05, 4.69) is 24.0 Å². The zero-order chi connectivity index (χ0) is 16.9. The number of rotatable bonds is 6. The summed E-state index contributed by atoms with van der Waals surface area (Å²) in [6.45, 7) is 2.16. The van der Waals surface area contributed by atoms with Gasteiger partial charge in [-0.2, -0.15) is 0 Å². The molecule has 1 N–H and O–H groups in total. The van der Waals surface area contributed by atoms with E-state index in [1.165, 1.54) is 0 Å². The van der Waals surface area contributed by atoms with E-state index in [9.17, 15) is 0 Å². The highest BCUT2D eigenvalue weighted by molar-refractivity contribution is 5.79. The van der Waals surface area contributed by atoms with Crippen LogP contribution in [0.3, 0.4) is 0 Å². The Morgan fingerprint density at radius 1 is 0.833 bits per heavy atom. The Bertz CT molecular complexity index is 725. The predicted octanol–water partition coefficient (Wildman–Crippen LogP) is 4.71. The summed E-state index contributed by atoms with van der Waals surface area (Å²) in [6, 6.07) is 16.0. The normalized spacial score (nSPS) is 10.6. The third-order valence-electron chi connectivity index (χ3n) is 3.98. The highest BCUT2D eigenvalue weighted by Crippen LogP contribution is 2.32. The standard InChI is InChI=1S/C20H22N2O2/c1-4-5-18-21-19(14-6-10-16(23-2)11-7-14)20(22-18)15-8-12-17(24-3)13-9-15/h6-13H,4-5H2,1-3H3,(H,21,22). The lowest BCUT2D eigenvalue weighted by atomic mass is 10.0. The zero-order valence-electron chi connectivity index (χ0n) is 14.3. The predicted molar refractivity (Wildman–Crippen MR) is 96.6 cm³/mol. The van der Waals surface area contributed by atoms with Crippen molar-refractivity contribution in [1.29, 1.82) is 0 Å². The molecule has 0 aliphatic rings. The molecule has 0 atom stereocenters.